The highest BCUT2D eigenvalue weighted by atomic mass is 16.2. The second-order valence-electron chi connectivity index (χ2n) is 4.55. The Hall–Kier alpha value is -1.51. The molecule has 0 unspecified atom stereocenters. The highest BCUT2D eigenvalue weighted by Crippen LogP contribution is 2.06. The van der Waals surface area contributed by atoms with Gasteiger partial charge in [-0.1, -0.05) is 44.2 Å². The average Bonchev–Trinajstić information content (AvgIpc) is 2.41. The molecule has 0 fully saturated rings. The summed E-state index contributed by atoms with van der Waals surface area (Å²) < 4.78 is 0. The van der Waals surface area contributed by atoms with Crippen LogP contribution in [-0.4, -0.2) is 30.6 Å². The van der Waals surface area contributed by atoms with Crippen molar-refractivity contribution in [1.82, 2.24) is 10.2 Å². The summed E-state index contributed by atoms with van der Waals surface area (Å²) in [4.78, 5) is 13.7. The van der Waals surface area contributed by atoms with E-state index in [2.05, 4.69) is 31.3 Å². The van der Waals surface area contributed by atoms with E-state index in [9.17, 15) is 4.79 Å². The summed E-state index contributed by atoms with van der Waals surface area (Å²) in [5.74, 6) is 0. The zero-order chi connectivity index (χ0) is 13.4. The predicted octanol–water partition coefficient (Wildman–Crippen LogP) is 3.06. The lowest BCUT2D eigenvalue weighted by molar-refractivity contribution is 0.187. The summed E-state index contributed by atoms with van der Waals surface area (Å²) in [6.07, 6.45) is 2.88. The normalized spacial score (nSPS) is 10.4. The fraction of sp³-hybridized carbons (Fsp3) is 0.533. The molecule has 0 saturated heterocycles. The molecule has 2 amide bonds. The molecule has 0 aromatic heterocycles. The SMILES string of the molecule is CCC(CC)N(C)C(=O)NCCc1ccccc1. The molecular formula is C15H24N2O. The molecule has 0 atom stereocenters. The van der Waals surface area contributed by atoms with Gasteiger partial charge in [-0.3, -0.25) is 0 Å². The Labute approximate surface area is 110 Å². The number of urea groups is 1. The first-order chi connectivity index (χ1) is 8.69. The van der Waals surface area contributed by atoms with Crippen molar-refractivity contribution < 1.29 is 4.79 Å². The van der Waals surface area contributed by atoms with Crippen LogP contribution in [0.1, 0.15) is 32.3 Å². The van der Waals surface area contributed by atoms with Crippen molar-refractivity contribution in [3.63, 3.8) is 0 Å². The van der Waals surface area contributed by atoms with Gasteiger partial charge in [0, 0.05) is 19.6 Å². The quantitative estimate of drug-likeness (QED) is 0.824. The highest BCUT2D eigenvalue weighted by Gasteiger charge is 2.15. The van der Waals surface area contributed by atoms with Crippen LogP contribution in [0.2, 0.25) is 0 Å². The Bertz CT molecular complexity index is 347. The van der Waals surface area contributed by atoms with Crippen molar-refractivity contribution in [2.75, 3.05) is 13.6 Å². The maximum absolute atomic E-state index is 11.9. The van der Waals surface area contributed by atoms with Gasteiger partial charge in [-0.25, -0.2) is 4.79 Å². The van der Waals surface area contributed by atoms with Gasteiger partial charge >= 0.3 is 6.03 Å². The van der Waals surface area contributed by atoms with E-state index in [1.807, 2.05) is 30.1 Å². The van der Waals surface area contributed by atoms with E-state index < -0.39 is 0 Å². The molecule has 3 nitrogen and oxygen atoms in total. The highest BCUT2D eigenvalue weighted by molar-refractivity contribution is 5.74. The molecule has 0 radical (unpaired) electrons. The molecule has 0 bridgehead atoms. The second-order valence-corrected chi connectivity index (χ2v) is 4.55. The van der Waals surface area contributed by atoms with Crippen molar-refractivity contribution in [2.45, 2.75) is 39.2 Å². The van der Waals surface area contributed by atoms with Gasteiger partial charge in [0.15, 0.2) is 0 Å². The number of rotatable bonds is 6. The maximum atomic E-state index is 11.9. The van der Waals surface area contributed by atoms with Gasteiger partial charge in [-0.15, -0.1) is 0 Å². The van der Waals surface area contributed by atoms with E-state index in [4.69, 9.17) is 0 Å². The van der Waals surface area contributed by atoms with Crippen molar-refractivity contribution in [3.8, 4) is 0 Å². The fourth-order valence-electron chi connectivity index (χ4n) is 2.09. The lowest BCUT2D eigenvalue weighted by atomic mass is 10.1. The largest absolute Gasteiger partial charge is 0.338 e. The van der Waals surface area contributed by atoms with Crippen LogP contribution in [0.4, 0.5) is 4.79 Å². The molecule has 1 aromatic rings. The Kier molecular flexibility index (Phi) is 6.26. The summed E-state index contributed by atoms with van der Waals surface area (Å²) in [7, 11) is 1.87. The van der Waals surface area contributed by atoms with Gasteiger partial charge < -0.3 is 10.2 Å². The number of hydrogen-bond acceptors (Lipinski definition) is 1. The molecule has 1 N–H and O–H groups in total. The lowest BCUT2D eigenvalue weighted by Gasteiger charge is -2.26. The predicted molar refractivity (Wildman–Crippen MR) is 75.7 cm³/mol. The molecule has 0 aliphatic rings. The molecule has 1 rings (SSSR count). The molecule has 3 heteroatoms. The van der Waals surface area contributed by atoms with Crippen molar-refractivity contribution in [3.05, 3.63) is 35.9 Å². The van der Waals surface area contributed by atoms with Crippen molar-refractivity contribution in [2.24, 2.45) is 0 Å². The number of hydrogen-bond donors (Lipinski definition) is 1. The monoisotopic (exact) mass is 248 g/mol. The van der Waals surface area contributed by atoms with Crippen LogP contribution < -0.4 is 5.32 Å². The maximum Gasteiger partial charge on any atom is 0.317 e. The van der Waals surface area contributed by atoms with Crippen LogP contribution >= 0.6 is 0 Å². The molecule has 0 saturated carbocycles. The number of nitrogens with zero attached hydrogens (tertiary/aromatic N) is 1. The van der Waals surface area contributed by atoms with Crippen LogP contribution in [0.3, 0.4) is 0 Å². The average molecular weight is 248 g/mol. The van der Waals surface area contributed by atoms with Crippen molar-refractivity contribution >= 4 is 6.03 Å². The van der Waals surface area contributed by atoms with Crippen molar-refractivity contribution in [1.29, 1.82) is 0 Å². The Balaban J connectivity index is 2.33. The molecule has 0 heterocycles. The van der Waals surface area contributed by atoms with Crippen LogP contribution in [0.5, 0.6) is 0 Å². The van der Waals surface area contributed by atoms with E-state index in [1.165, 1.54) is 5.56 Å². The fourth-order valence-corrected chi connectivity index (χ4v) is 2.09. The minimum absolute atomic E-state index is 0.0274. The van der Waals surface area contributed by atoms with E-state index >= 15 is 0 Å². The molecular weight excluding hydrogens is 224 g/mol. The molecule has 1 aromatic carbocycles. The molecule has 0 spiro atoms. The number of carbonyl (C=O) groups is 1. The zero-order valence-electron chi connectivity index (χ0n) is 11.6. The zero-order valence-corrected chi connectivity index (χ0v) is 11.6. The molecule has 100 valence electrons. The summed E-state index contributed by atoms with van der Waals surface area (Å²) in [6.45, 7) is 4.91. The second kappa shape index (κ2) is 7.75. The van der Waals surface area contributed by atoms with Crippen LogP contribution in [-0.2, 0) is 6.42 Å². The first-order valence-corrected chi connectivity index (χ1v) is 6.73. The molecule has 0 aliphatic carbocycles. The minimum Gasteiger partial charge on any atom is -0.338 e. The van der Waals surface area contributed by atoms with Gasteiger partial charge in [-0.2, -0.15) is 0 Å². The summed E-state index contributed by atoms with van der Waals surface area (Å²) in [5, 5.41) is 2.97. The third-order valence-electron chi connectivity index (χ3n) is 3.34. The first kappa shape index (κ1) is 14.6. The third kappa shape index (κ3) is 4.40. The third-order valence-corrected chi connectivity index (χ3v) is 3.34. The number of nitrogens with one attached hydrogen (secondary N) is 1. The lowest BCUT2D eigenvalue weighted by Crippen LogP contribution is -2.43. The summed E-state index contributed by atoms with van der Waals surface area (Å²) >= 11 is 0. The standard InChI is InChI=1S/C15H24N2O/c1-4-14(5-2)17(3)15(18)16-12-11-13-9-7-6-8-10-13/h6-10,14H,4-5,11-12H2,1-3H3,(H,16,18). The summed E-state index contributed by atoms with van der Waals surface area (Å²) in [5.41, 5.74) is 1.25. The van der Waals surface area contributed by atoms with Gasteiger partial charge in [0.25, 0.3) is 0 Å². The Morgan fingerprint density at radius 1 is 1.22 bits per heavy atom. The van der Waals surface area contributed by atoms with E-state index in [0.29, 0.717) is 12.6 Å². The van der Waals surface area contributed by atoms with Gasteiger partial charge in [0.1, 0.15) is 0 Å². The van der Waals surface area contributed by atoms with E-state index in [-0.39, 0.29) is 6.03 Å². The Morgan fingerprint density at radius 2 is 1.83 bits per heavy atom. The van der Waals surface area contributed by atoms with Gasteiger partial charge in [0.05, 0.1) is 0 Å². The van der Waals surface area contributed by atoms with Crippen LogP contribution in [0, 0.1) is 0 Å². The number of carbonyl (C=O) groups excluding carboxylic acids is 1. The van der Waals surface area contributed by atoms with Gasteiger partial charge in [0.2, 0.25) is 0 Å². The Morgan fingerprint density at radius 3 is 2.39 bits per heavy atom. The van der Waals surface area contributed by atoms with E-state index in [0.717, 1.165) is 19.3 Å². The number of amides is 2. The van der Waals surface area contributed by atoms with Crippen LogP contribution in [0.25, 0.3) is 0 Å². The molecule has 0 aliphatic heterocycles. The summed E-state index contributed by atoms with van der Waals surface area (Å²) in [6, 6.07) is 10.6. The molecule has 18 heavy (non-hydrogen) atoms. The van der Waals surface area contributed by atoms with Gasteiger partial charge in [-0.05, 0) is 24.8 Å². The topological polar surface area (TPSA) is 32.3 Å². The first-order valence-electron chi connectivity index (χ1n) is 6.73. The smallest absolute Gasteiger partial charge is 0.317 e. The van der Waals surface area contributed by atoms with E-state index in [1.54, 1.807) is 0 Å². The minimum atomic E-state index is 0.0274. The number of benzene rings is 1. The van der Waals surface area contributed by atoms with Crippen LogP contribution in [0.15, 0.2) is 30.3 Å².